The number of hydrogen-bond acceptors (Lipinski definition) is 6. The first-order valence-corrected chi connectivity index (χ1v) is 10.4. The molecule has 1 aliphatic rings. The lowest BCUT2D eigenvalue weighted by molar-refractivity contribution is 0.112. The molecule has 3 heterocycles. The van der Waals surface area contributed by atoms with Crippen LogP contribution in [0.25, 0.3) is 16.8 Å². The van der Waals surface area contributed by atoms with Crippen molar-refractivity contribution in [2.45, 2.75) is 0 Å². The summed E-state index contributed by atoms with van der Waals surface area (Å²) >= 11 is 0. The first-order valence-electron chi connectivity index (χ1n) is 10.4. The molecule has 5 rings (SSSR count). The van der Waals surface area contributed by atoms with E-state index in [0.29, 0.717) is 11.5 Å². The molecule has 0 saturated carbocycles. The molecule has 7 nitrogen and oxygen atoms in total. The Bertz CT molecular complexity index is 1210. The lowest BCUT2D eigenvalue weighted by atomic mass is 10.1. The summed E-state index contributed by atoms with van der Waals surface area (Å²) in [6, 6.07) is 19.8. The summed E-state index contributed by atoms with van der Waals surface area (Å²) in [6.07, 6.45) is 2.65. The predicted octanol–water partition coefficient (Wildman–Crippen LogP) is 3.70. The third-order valence-electron chi connectivity index (χ3n) is 5.75. The lowest BCUT2D eigenvalue weighted by Crippen LogP contribution is -2.44. The van der Waals surface area contributed by atoms with E-state index in [2.05, 4.69) is 56.5 Å². The summed E-state index contributed by atoms with van der Waals surface area (Å²) in [5.41, 5.74) is 5.36. The molecule has 1 aliphatic heterocycles. The predicted molar refractivity (Wildman–Crippen MR) is 123 cm³/mol. The molecule has 0 amide bonds. The number of likely N-dealkylation sites (N-methyl/N-ethyl adjacent to an activating group) is 1. The molecule has 0 radical (unpaired) electrons. The number of aldehydes is 1. The minimum atomic E-state index is 0.501. The Morgan fingerprint density at radius 2 is 1.71 bits per heavy atom. The van der Waals surface area contributed by atoms with Crippen LogP contribution in [0.1, 0.15) is 10.4 Å². The van der Waals surface area contributed by atoms with Crippen LogP contribution in [0.4, 0.5) is 17.3 Å². The van der Waals surface area contributed by atoms with Gasteiger partial charge in [0.1, 0.15) is 0 Å². The number of anilines is 3. The molecule has 1 saturated heterocycles. The minimum Gasteiger partial charge on any atom is -0.369 e. The van der Waals surface area contributed by atoms with E-state index in [0.717, 1.165) is 54.9 Å². The van der Waals surface area contributed by atoms with Crippen molar-refractivity contribution < 1.29 is 4.79 Å². The number of rotatable bonds is 5. The van der Waals surface area contributed by atoms with E-state index >= 15 is 0 Å². The van der Waals surface area contributed by atoms with Gasteiger partial charge >= 0.3 is 0 Å². The zero-order valence-electron chi connectivity index (χ0n) is 17.4. The summed E-state index contributed by atoms with van der Waals surface area (Å²) in [7, 11) is 2.16. The molecular weight excluding hydrogens is 388 g/mol. The van der Waals surface area contributed by atoms with Gasteiger partial charge in [0.25, 0.3) is 0 Å². The second-order valence-corrected chi connectivity index (χ2v) is 7.80. The van der Waals surface area contributed by atoms with E-state index < -0.39 is 0 Å². The van der Waals surface area contributed by atoms with Gasteiger partial charge in [-0.1, -0.05) is 24.3 Å². The van der Waals surface area contributed by atoms with Gasteiger partial charge in [0.15, 0.2) is 6.29 Å². The maximum Gasteiger partial charge on any atom is 0.245 e. The van der Waals surface area contributed by atoms with Crippen molar-refractivity contribution in [2.75, 3.05) is 43.4 Å². The molecule has 0 atom stereocenters. The second kappa shape index (κ2) is 8.20. The molecule has 31 heavy (non-hydrogen) atoms. The van der Waals surface area contributed by atoms with Crippen molar-refractivity contribution in [1.82, 2.24) is 19.5 Å². The standard InChI is InChI=1S/C24H24N6O/c1-28-12-14-29(15-13-28)20-8-6-19(7-9-20)26-24-25-16-21-10-11-23(30(21)27-24)22-5-3-2-4-18(22)17-31/h2-11,16-17H,12-15H2,1H3,(H,26,27). The van der Waals surface area contributed by atoms with Crippen molar-refractivity contribution >= 4 is 29.1 Å². The maximum absolute atomic E-state index is 11.5. The number of nitrogens with zero attached hydrogens (tertiary/aromatic N) is 5. The first kappa shape index (κ1) is 19.3. The number of carbonyl (C=O) groups excluding carboxylic acids is 1. The van der Waals surface area contributed by atoms with Gasteiger partial charge in [0.2, 0.25) is 5.95 Å². The van der Waals surface area contributed by atoms with E-state index in [1.165, 1.54) is 5.69 Å². The number of hydrogen-bond donors (Lipinski definition) is 1. The summed E-state index contributed by atoms with van der Waals surface area (Å²) in [5, 5.41) is 7.96. The summed E-state index contributed by atoms with van der Waals surface area (Å²) in [5.74, 6) is 0.501. The molecule has 1 fully saturated rings. The Balaban J connectivity index is 1.39. The van der Waals surface area contributed by atoms with Crippen LogP contribution in [0.3, 0.4) is 0 Å². The van der Waals surface area contributed by atoms with E-state index in [1.807, 2.05) is 40.9 Å². The zero-order valence-corrected chi connectivity index (χ0v) is 17.4. The minimum absolute atomic E-state index is 0.501. The van der Waals surface area contributed by atoms with Crippen LogP contribution in [0, 0.1) is 0 Å². The Morgan fingerprint density at radius 1 is 0.935 bits per heavy atom. The van der Waals surface area contributed by atoms with Crippen LogP contribution in [0.2, 0.25) is 0 Å². The van der Waals surface area contributed by atoms with Crippen LogP contribution < -0.4 is 10.2 Å². The van der Waals surface area contributed by atoms with Crippen molar-refractivity contribution in [1.29, 1.82) is 0 Å². The fourth-order valence-electron chi connectivity index (χ4n) is 3.95. The Kier molecular flexibility index (Phi) is 5.09. The normalized spacial score (nSPS) is 14.7. The average Bonchev–Trinajstić information content (AvgIpc) is 3.23. The first-order chi connectivity index (χ1) is 15.2. The third kappa shape index (κ3) is 3.87. The van der Waals surface area contributed by atoms with Crippen LogP contribution in [0.15, 0.2) is 66.9 Å². The maximum atomic E-state index is 11.5. The highest BCUT2D eigenvalue weighted by Gasteiger charge is 2.14. The Hall–Kier alpha value is -3.71. The highest BCUT2D eigenvalue weighted by atomic mass is 16.1. The van der Waals surface area contributed by atoms with Crippen LogP contribution in [-0.2, 0) is 0 Å². The molecule has 2 aromatic carbocycles. The molecule has 2 aromatic heterocycles. The number of piperazine rings is 1. The molecule has 7 heteroatoms. The van der Waals surface area contributed by atoms with Crippen molar-refractivity contribution in [3.63, 3.8) is 0 Å². The van der Waals surface area contributed by atoms with Crippen molar-refractivity contribution in [2.24, 2.45) is 0 Å². The number of nitrogens with one attached hydrogen (secondary N) is 1. The quantitative estimate of drug-likeness (QED) is 0.504. The molecule has 0 unspecified atom stereocenters. The molecule has 0 bridgehead atoms. The van der Waals surface area contributed by atoms with E-state index in [9.17, 15) is 4.79 Å². The average molecular weight is 412 g/mol. The molecule has 1 N–H and O–H groups in total. The zero-order chi connectivity index (χ0) is 21.2. The topological polar surface area (TPSA) is 65.8 Å². The number of aromatic nitrogens is 3. The summed E-state index contributed by atoms with van der Waals surface area (Å²) in [6.45, 7) is 4.25. The van der Waals surface area contributed by atoms with Gasteiger partial charge in [0, 0.05) is 48.7 Å². The molecular formula is C24H24N6O. The van der Waals surface area contributed by atoms with Crippen molar-refractivity contribution in [3.05, 3.63) is 72.4 Å². The molecule has 156 valence electrons. The largest absolute Gasteiger partial charge is 0.369 e. The fourth-order valence-corrected chi connectivity index (χ4v) is 3.95. The summed E-state index contributed by atoms with van der Waals surface area (Å²) < 4.78 is 1.82. The Labute approximate surface area is 180 Å². The van der Waals surface area contributed by atoms with Crippen LogP contribution in [0.5, 0.6) is 0 Å². The second-order valence-electron chi connectivity index (χ2n) is 7.80. The smallest absolute Gasteiger partial charge is 0.245 e. The summed E-state index contributed by atoms with van der Waals surface area (Å²) in [4.78, 5) is 20.7. The molecule has 4 aromatic rings. The SMILES string of the molecule is CN1CCN(c2ccc(Nc3ncc4ccc(-c5ccccc5C=O)n4n3)cc2)CC1. The highest BCUT2D eigenvalue weighted by molar-refractivity contribution is 5.87. The highest BCUT2D eigenvalue weighted by Crippen LogP contribution is 2.26. The van der Waals surface area contributed by atoms with Crippen molar-refractivity contribution in [3.8, 4) is 11.3 Å². The van der Waals surface area contributed by atoms with Gasteiger partial charge < -0.3 is 15.1 Å². The third-order valence-corrected chi connectivity index (χ3v) is 5.75. The van der Waals surface area contributed by atoms with Gasteiger partial charge in [0.05, 0.1) is 17.4 Å². The number of carbonyl (C=O) groups is 1. The van der Waals surface area contributed by atoms with Gasteiger partial charge in [-0.3, -0.25) is 4.79 Å². The van der Waals surface area contributed by atoms with Gasteiger partial charge in [-0.25, -0.2) is 9.50 Å². The molecule has 0 spiro atoms. The monoisotopic (exact) mass is 412 g/mol. The van der Waals surface area contributed by atoms with Gasteiger partial charge in [-0.15, -0.1) is 5.10 Å². The molecule has 0 aliphatic carbocycles. The van der Waals surface area contributed by atoms with Gasteiger partial charge in [-0.2, -0.15) is 0 Å². The number of benzene rings is 2. The van der Waals surface area contributed by atoms with Gasteiger partial charge in [-0.05, 0) is 43.4 Å². The van der Waals surface area contributed by atoms with Crippen LogP contribution in [-0.4, -0.2) is 59.0 Å². The van der Waals surface area contributed by atoms with Crippen LogP contribution >= 0.6 is 0 Å². The number of fused-ring (bicyclic) bond motifs is 1. The fraction of sp³-hybridized carbons (Fsp3) is 0.208. The Morgan fingerprint density at radius 3 is 2.48 bits per heavy atom. The van der Waals surface area contributed by atoms with E-state index in [4.69, 9.17) is 0 Å². The van der Waals surface area contributed by atoms with E-state index in [1.54, 1.807) is 6.20 Å². The lowest BCUT2D eigenvalue weighted by Gasteiger charge is -2.34. The van der Waals surface area contributed by atoms with E-state index in [-0.39, 0.29) is 0 Å².